The topological polar surface area (TPSA) is 168 Å². The van der Waals surface area contributed by atoms with Crippen molar-refractivity contribution in [2.45, 2.75) is 24.2 Å². The third kappa shape index (κ3) is 2.07. The average molecular weight is 418 g/mol. The quantitative estimate of drug-likeness (QED) is 0.209. The van der Waals surface area contributed by atoms with Crippen molar-refractivity contribution < 1.29 is 14.9 Å². The summed E-state index contributed by atoms with van der Waals surface area (Å²) in [5, 5.41) is 24.0. The van der Waals surface area contributed by atoms with Crippen LogP contribution >= 0.6 is 22.6 Å². The number of azide groups is 1. The van der Waals surface area contributed by atoms with Crippen LogP contribution < -0.4 is 5.73 Å². The summed E-state index contributed by atoms with van der Waals surface area (Å²) in [4.78, 5) is 14.7. The molecule has 4 atom stereocenters. The Hall–Kier alpha value is -1.73. The summed E-state index contributed by atoms with van der Waals surface area (Å²) >= 11 is 1.91. The molecule has 0 amide bonds. The number of nitrogen functional groups attached to an aromatic ring is 1. The number of aliphatic hydroxyl groups is 2. The Morgan fingerprint density at radius 2 is 2.27 bits per heavy atom. The van der Waals surface area contributed by atoms with Crippen LogP contribution in [0, 0.1) is 0 Å². The largest absolute Gasteiger partial charge is 0.387 e. The number of halogens is 1. The summed E-state index contributed by atoms with van der Waals surface area (Å²) in [6, 6.07) is 0. The molecule has 1 aliphatic heterocycles. The molecule has 0 unspecified atom stereocenters. The fraction of sp³-hybridized carbons (Fsp3) is 0.500. The Morgan fingerprint density at radius 3 is 2.95 bits per heavy atom. The highest BCUT2D eigenvalue weighted by molar-refractivity contribution is 14.1. The van der Waals surface area contributed by atoms with E-state index in [2.05, 4.69) is 25.0 Å². The van der Waals surface area contributed by atoms with Gasteiger partial charge in [-0.2, -0.15) is 0 Å². The van der Waals surface area contributed by atoms with Gasteiger partial charge in [0.1, 0.15) is 24.1 Å². The number of aromatic nitrogens is 4. The van der Waals surface area contributed by atoms with Gasteiger partial charge in [-0.05, 0) is 5.53 Å². The highest BCUT2D eigenvalue weighted by atomic mass is 127. The molecule has 4 N–H and O–H groups in total. The lowest BCUT2D eigenvalue weighted by Gasteiger charge is -2.23. The molecule has 1 aliphatic rings. The first kappa shape index (κ1) is 15.2. The number of nitrogens with two attached hydrogens (primary N) is 1. The lowest BCUT2D eigenvalue weighted by atomic mass is 10.1. The second kappa shape index (κ2) is 5.48. The van der Waals surface area contributed by atoms with Gasteiger partial charge in [-0.1, -0.05) is 27.7 Å². The summed E-state index contributed by atoms with van der Waals surface area (Å²) in [5.41, 5.74) is 13.5. The van der Waals surface area contributed by atoms with Crippen LogP contribution in [0.4, 0.5) is 5.82 Å². The number of hydrogen-bond donors (Lipinski definition) is 3. The minimum Gasteiger partial charge on any atom is -0.387 e. The van der Waals surface area contributed by atoms with Crippen LogP contribution in [0.5, 0.6) is 0 Å². The van der Waals surface area contributed by atoms with Gasteiger partial charge in [-0.3, -0.25) is 4.57 Å². The molecule has 1 saturated heterocycles. The van der Waals surface area contributed by atoms with Crippen molar-refractivity contribution in [3.8, 4) is 0 Å². The number of ether oxygens (including phenoxy) is 1. The number of imidazole rings is 1. The summed E-state index contributed by atoms with van der Waals surface area (Å²) in [6.07, 6.45) is -1.10. The molecule has 116 valence electrons. The number of aliphatic hydroxyl groups excluding tert-OH is 2. The Balaban J connectivity index is 2.08. The van der Waals surface area contributed by atoms with E-state index in [1.807, 2.05) is 22.6 Å². The van der Waals surface area contributed by atoms with E-state index in [4.69, 9.17) is 16.0 Å². The Kier molecular flexibility index (Phi) is 3.78. The van der Waals surface area contributed by atoms with E-state index in [-0.39, 0.29) is 10.2 Å². The third-order valence-corrected chi connectivity index (χ3v) is 4.56. The lowest BCUT2D eigenvalue weighted by Crippen LogP contribution is -2.42. The molecule has 0 aromatic carbocycles. The third-order valence-electron chi connectivity index (χ3n) is 3.47. The first-order valence-corrected chi connectivity index (χ1v) is 7.66. The van der Waals surface area contributed by atoms with Crippen LogP contribution in [0.3, 0.4) is 0 Å². The number of rotatable bonds is 3. The SMILES string of the molecule is [N-]=[N+]=N[C@]1(CI)O[C@@H](n2cnc3c(N)ncnc32)[C@H](O)[C@@H]1O. The van der Waals surface area contributed by atoms with Gasteiger partial charge in [0.25, 0.3) is 0 Å². The molecule has 0 spiro atoms. The second-order valence-electron chi connectivity index (χ2n) is 4.69. The summed E-state index contributed by atoms with van der Waals surface area (Å²) in [5.74, 6) is 0.187. The van der Waals surface area contributed by atoms with Gasteiger partial charge in [0.15, 0.2) is 23.4 Å². The molecule has 0 radical (unpaired) electrons. The molecule has 3 rings (SSSR count). The monoisotopic (exact) mass is 418 g/mol. The number of anilines is 1. The number of fused-ring (bicyclic) bond motifs is 1. The van der Waals surface area contributed by atoms with Gasteiger partial charge in [0.05, 0.1) is 6.33 Å². The maximum absolute atomic E-state index is 10.3. The summed E-state index contributed by atoms with van der Waals surface area (Å²) < 4.78 is 7.23. The number of alkyl halides is 1. The van der Waals surface area contributed by atoms with Crippen molar-refractivity contribution in [3.63, 3.8) is 0 Å². The average Bonchev–Trinajstić information content (AvgIpc) is 3.04. The van der Waals surface area contributed by atoms with E-state index in [9.17, 15) is 10.2 Å². The standard InChI is InChI=1S/C10H11IN8O3/c11-1-10(17-18-13)6(21)5(20)9(22-10)19-3-16-4-7(12)14-2-15-8(4)19/h2-3,5-6,9,20-21H,1H2,(H2,12,14,15)/t5-,6+,9-,10-/m1/s1. The predicted octanol–water partition coefficient (Wildman–Crippen LogP) is 0.101. The highest BCUT2D eigenvalue weighted by Crippen LogP contribution is 2.40. The van der Waals surface area contributed by atoms with E-state index in [1.54, 1.807) is 0 Å². The maximum atomic E-state index is 10.3. The first-order chi connectivity index (χ1) is 10.5. The molecule has 2 aromatic heterocycles. The predicted molar refractivity (Wildman–Crippen MR) is 82.6 cm³/mol. The molecule has 0 aliphatic carbocycles. The lowest BCUT2D eigenvalue weighted by molar-refractivity contribution is -0.0824. The molecule has 0 bridgehead atoms. The molecular formula is C10H11IN8O3. The van der Waals surface area contributed by atoms with Crippen molar-refractivity contribution in [3.05, 3.63) is 23.1 Å². The molecule has 0 saturated carbocycles. The fourth-order valence-corrected chi connectivity index (χ4v) is 3.13. The van der Waals surface area contributed by atoms with Crippen molar-refractivity contribution in [2.24, 2.45) is 5.11 Å². The molecule has 12 heteroatoms. The van der Waals surface area contributed by atoms with E-state index in [0.717, 1.165) is 0 Å². The molecule has 2 aromatic rings. The van der Waals surface area contributed by atoms with E-state index in [0.29, 0.717) is 11.2 Å². The van der Waals surface area contributed by atoms with Crippen LogP contribution in [0.1, 0.15) is 6.23 Å². The summed E-state index contributed by atoms with van der Waals surface area (Å²) in [6.45, 7) is 0. The van der Waals surface area contributed by atoms with Crippen LogP contribution in [-0.2, 0) is 4.74 Å². The maximum Gasteiger partial charge on any atom is 0.186 e. The minimum absolute atomic E-state index is 0.160. The van der Waals surface area contributed by atoms with Gasteiger partial charge in [0.2, 0.25) is 0 Å². The molecule has 22 heavy (non-hydrogen) atoms. The van der Waals surface area contributed by atoms with Crippen LogP contribution in [0.25, 0.3) is 21.6 Å². The highest BCUT2D eigenvalue weighted by Gasteiger charge is 2.54. The minimum atomic E-state index is -1.56. The molecule has 1 fully saturated rings. The van der Waals surface area contributed by atoms with Gasteiger partial charge in [0, 0.05) is 9.34 Å². The number of nitrogens with zero attached hydrogens (tertiary/aromatic N) is 7. The van der Waals surface area contributed by atoms with Gasteiger partial charge in [-0.15, -0.1) is 0 Å². The van der Waals surface area contributed by atoms with Crippen LogP contribution in [-0.4, -0.2) is 52.1 Å². The van der Waals surface area contributed by atoms with Crippen LogP contribution in [0.15, 0.2) is 17.8 Å². The zero-order chi connectivity index (χ0) is 15.9. The molecule has 3 heterocycles. The van der Waals surface area contributed by atoms with E-state index in [1.165, 1.54) is 17.2 Å². The van der Waals surface area contributed by atoms with Crippen molar-refractivity contribution in [1.29, 1.82) is 0 Å². The van der Waals surface area contributed by atoms with Gasteiger partial charge < -0.3 is 20.7 Å². The van der Waals surface area contributed by atoms with Crippen molar-refractivity contribution in [1.82, 2.24) is 19.5 Å². The molecule has 11 nitrogen and oxygen atoms in total. The van der Waals surface area contributed by atoms with Crippen molar-refractivity contribution >= 4 is 39.6 Å². The van der Waals surface area contributed by atoms with Crippen LogP contribution in [0.2, 0.25) is 0 Å². The molecular weight excluding hydrogens is 407 g/mol. The Labute approximate surface area is 136 Å². The van der Waals surface area contributed by atoms with Gasteiger partial charge in [-0.25, -0.2) is 15.0 Å². The zero-order valence-corrected chi connectivity index (χ0v) is 13.1. The zero-order valence-electron chi connectivity index (χ0n) is 11.0. The normalized spacial score (nSPS) is 31.3. The van der Waals surface area contributed by atoms with E-state index < -0.39 is 24.2 Å². The fourth-order valence-electron chi connectivity index (χ4n) is 2.34. The van der Waals surface area contributed by atoms with E-state index >= 15 is 0 Å². The first-order valence-electron chi connectivity index (χ1n) is 6.13. The second-order valence-corrected chi connectivity index (χ2v) is 5.46. The summed E-state index contributed by atoms with van der Waals surface area (Å²) in [7, 11) is 0. The Bertz CT molecular complexity index is 762. The van der Waals surface area contributed by atoms with Gasteiger partial charge >= 0.3 is 0 Å². The Morgan fingerprint density at radius 1 is 1.50 bits per heavy atom. The smallest absolute Gasteiger partial charge is 0.186 e. The number of hydrogen-bond acceptors (Lipinski definition) is 8. The van der Waals surface area contributed by atoms with Crippen molar-refractivity contribution in [2.75, 3.05) is 10.2 Å².